The number of nitrogens with zero attached hydrogens (tertiary/aromatic N) is 2. The number of aromatic nitrogens is 1. The normalized spacial score (nSPS) is 12.5. The minimum Gasteiger partial charge on any atom is -0.495 e. The fourth-order valence-corrected chi connectivity index (χ4v) is 5.15. The van der Waals surface area contributed by atoms with Crippen LogP contribution in [0, 0.1) is 6.92 Å². The van der Waals surface area contributed by atoms with Crippen molar-refractivity contribution in [2.24, 2.45) is 4.40 Å². The lowest BCUT2D eigenvalue weighted by molar-refractivity contribution is 0.187. The third-order valence-electron chi connectivity index (χ3n) is 4.23. The van der Waals surface area contributed by atoms with Crippen molar-refractivity contribution < 1.29 is 22.6 Å². The molecule has 0 aliphatic heterocycles. The van der Waals surface area contributed by atoms with Gasteiger partial charge in [-0.1, -0.05) is 29.0 Å². The van der Waals surface area contributed by atoms with Crippen molar-refractivity contribution in [3.8, 4) is 11.5 Å². The average Bonchev–Trinajstić information content (AvgIpc) is 3.03. The summed E-state index contributed by atoms with van der Waals surface area (Å²) in [6, 6.07) is 10.2. The topological polar surface area (TPSA) is 79.1 Å². The van der Waals surface area contributed by atoms with Gasteiger partial charge in [0, 0.05) is 13.7 Å². The first-order chi connectivity index (χ1) is 13.4. The number of fused-ring (bicyclic) bond motifs is 1. The van der Waals surface area contributed by atoms with Crippen molar-refractivity contribution in [2.75, 3.05) is 27.9 Å². The molecule has 0 aliphatic rings. The molecule has 3 rings (SSSR count). The van der Waals surface area contributed by atoms with Crippen LogP contribution in [0.4, 0.5) is 0 Å². The van der Waals surface area contributed by atoms with Gasteiger partial charge in [0.15, 0.2) is 0 Å². The number of ether oxygens (including phenoxy) is 3. The number of hydrogen-bond acceptors (Lipinski definition) is 6. The third-order valence-corrected chi connectivity index (χ3v) is 6.72. The number of rotatable bonds is 7. The molecule has 0 saturated heterocycles. The Hall–Kier alpha value is -2.36. The molecule has 0 saturated carbocycles. The maximum Gasteiger partial charge on any atom is 0.285 e. The van der Waals surface area contributed by atoms with Crippen LogP contribution >= 0.6 is 11.3 Å². The van der Waals surface area contributed by atoms with Crippen molar-refractivity contribution >= 4 is 31.6 Å². The molecule has 2 aromatic carbocycles. The minimum atomic E-state index is -3.87. The van der Waals surface area contributed by atoms with Gasteiger partial charge in [0.2, 0.25) is 4.80 Å². The van der Waals surface area contributed by atoms with Gasteiger partial charge >= 0.3 is 0 Å². The van der Waals surface area contributed by atoms with Gasteiger partial charge in [-0.15, -0.1) is 4.40 Å². The van der Waals surface area contributed by atoms with E-state index in [0.29, 0.717) is 29.5 Å². The minimum absolute atomic E-state index is 0.146. The van der Waals surface area contributed by atoms with Crippen molar-refractivity contribution in [1.82, 2.24) is 4.57 Å². The Kier molecular flexibility index (Phi) is 6.07. The maximum atomic E-state index is 12.9. The summed E-state index contributed by atoms with van der Waals surface area (Å²) >= 11 is 1.24. The van der Waals surface area contributed by atoms with Gasteiger partial charge in [-0.25, -0.2) is 0 Å². The Bertz CT molecular complexity index is 1150. The summed E-state index contributed by atoms with van der Waals surface area (Å²) in [5, 5.41) is 0. The summed E-state index contributed by atoms with van der Waals surface area (Å²) in [5.41, 5.74) is 1.70. The molecule has 0 amide bonds. The Balaban J connectivity index is 2.30. The fourth-order valence-electron chi connectivity index (χ4n) is 2.78. The quantitative estimate of drug-likeness (QED) is 0.585. The summed E-state index contributed by atoms with van der Waals surface area (Å²) in [6.45, 7) is 2.71. The summed E-state index contributed by atoms with van der Waals surface area (Å²) in [5.74, 6) is 1.23. The zero-order valence-electron chi connectivity index (χ0n) is 16.1. The number of hydrogen-bond donors (Lipinski definition) is 0. The number of thiazole rings is 1. The standard InChI is InChI=1S/C19H22N2O5S2/c1-13-5-7-14(8-6-13)28(22,23)20-19-21(11-12-24-2)17-15(25-3)9-10-16(26-4)18(17)27-19/h5-10H,11-12H2,1-4H3. The number of aryl methyl sites for hydroxylation is 1. The molecule has 1 heterocycles. The van der Waals surface area contributed by atoms with Crippen LogP contribution < -0.4 is 14.3 Å². The van der Waals surface area contributed by atoms with Gasteiger partial charge in [0.1, 0.15) is 21.7 Å². The molecule has 0 bridgehead atoms. The van der Waals surface area contributed by atoms with Crippen molar-refractivity contribution in [3.63, 3.8) is 0 Å². The van der Waals surface area contributed by atoms with E-state index in [1.807, 2.05) is 6.92 Å². The second kappa shape index (κ2) is 8.34. The van der Waals surface area contributed by atoms with Crippen LogP contribution in [0.15, 0.2) is 45.7 Å². The lowest BCUT2D eigenvalue weighted by Crippen LogP contribution is -2.19. The first kappa shape index (κ1) is 20.4. The molecular weight excluding hydrogens is 400 g/mol. The summed E-state index contributed by atoms with van der Waals surface area (Å²) in [7, 11) is 0.856. The largest absolute Gasteiger partial charge is 0.495 e. The van der Waals surface area contributed by atoms with E-state index in [9.17, 15) is 8.42 Å². The van der Waals surface area contributed by atoms with Crippen molar-refractivity contribution in [1.29, 1.82) is 0 Å². The first-order valence-electron chi connectivity index (χ1n) is 8.52. The van der Waals surface area contributed by atoms with E-state index in [0.717, 1.165) is 15.8 Å². The van der Waals surface area contributed by atoms with E-state index in [1.54, 1.807) is 62.3 Å². The van der Waals surface area contributed by atoms with Crippen LogP contribution in [0.1, 0.15) is 5.56 Å². The molecule has 0 N–H and O–H groups in total. The second-order valence-corrected chi connectivity index (χ2v) is 8.64. The van der Waals surface area contributed by atoms with E-state index < -0.39 is 10.0 Å². The lowest BCUT2D eigenvalue weighted by Gasteiger charge is -2.10. The van der Waals surface area contributed by atoms with Crippen LogP contribution in [0.5, 0.6) is 11.5 Å². The Morgan fingerprint density at radius 1 is 1.00 bits per heavy atom. The molecule has 150 valence electrons. The molecular formula is C19H22N2O5S2. The summed E-state index contributed by atoms with van der Waals surface area (Å²) in [6.07, 6.45) is 0. The number of benzene rings is 2. The zero-order chi connectivity index (χ0) is 20.3. The lowest BCUT2D eigenvalue weighted by atomic mass is 10.2. The van der Waals surface area contributed by atoms with Gasteiger partial charge in [0.25, 0.3) is 10.0 Å². The van der Waals surface area contributed by atoms with Crippen LogP contribution in [-0.2, 0) is 21.3 Å². The van der Waals surface area contributed by atoms with E-state index in [-0.39, 0.29) is 4.90 Å². The Morgan fingerprint density at radius 3 is 2.25 bits per heavy atom. The smallest absolute Gasteiger partial charge is 0.285 e. The zero-order valence-corrected chi connectivity index (χ0v) is 17.8. The van der Waals surface area contributed by atoms with Gasteiger partial charge in [-0.2, -0.15) is 8.42 Å². The first-order valence-corrected chi connectivity index (χ1v) is 10.8. The molecule has 28 heavy (non-hydrogen) atoms. The second-order valence-electron chi connectivity index (χ2n) is 6.06. The number of methoxy groups -OCH3 is 3. The van der Waals surface area contributed by atoms with Crippen molar-refractivity contribution in [2.45, 2.75) is 18.4 Å². The van der Waals surface area contributed by atoms with E-state index in [4.69, 9.17) is 14.2 Å². The SMILES string of the molecule is COCCn1c(=NS(=O)(=O)c2ccc(C)cc2)sc2c(OC)ccc(OC)c21. The van der Waals surface area contributed by atoms with Crippen LogP contribution in [0.25, 0.3) is 10.2 Å². The molecule has 7 nitrogen and oxygen atoms in total. The Labute approximate surface area is 167 Å². The summed E-state index contributed by atoms with van der Waals surface area (Å²) in [4.78, 5) is 0.475. The summed E-state index contributed by atoms with van der Waals surface area (Å²) < 4.78 is 48.5. The maximum absolute atomic E-state index is 12.9. The van der Waals surface area contributed by atoms with Crippen LogP contribution in [-0.4, -0.2) is 40.9 Å². The van der Waals surface area contributed by atoms with E-state index in [2.05, 4.69) is 4.40 Å². The van der Waals surface area contributed by atoms with Gasteiger partial charge < -0.3 is 18.8 Å². The monoisotopic (exact) mass is 422 g/mol. The van der Waals surface area contributed by atoms with Crippen LogP contribution in [0.2, 0.25) is 0 Å². The molecule has 0 radical (unpaired) electrons. The molecule has 3 aromatic rings. The molecule has 0 aliphatic carbocycles. The van der Waals surface area contributed by atoms with Gasteiger partial charge in [-0.3, -0.25) is 0 Å². The van der Waals surface area contributed by atoms with Gasteiger partial charge in [0.05, 0.1) is 25.7 Å². The van der Waals surface area contributed by atoms with Crippen LogP contribution in [0.3, 0.4) is 0 Å². The van der Waals surface area contributed by atoms with E-state index in [1.165, 1.54) is 11.3 Å². The highest BCUT2D eigenvalue weighted by molar-refractivity contribution is 7.90. The predicted molar refractivity (Wildman–Crippen MR) is 109 cm³/mol. The molecule has 0 unspecified atom stereocenters. The Morgan fingerprint density at radius 2 is 1.64 bits per heavy atom. The molecule has 0 fully saturated rings. The number of sulfonamides is 1. The highest BCUT2D eigenvalue weighted by Gasteiger charge is 2.19. The third kappa shape index (κ3) is 3.91. The predicted octanol–water partition coefficient (Wildman–Crippen LogP) is 2.96. The molecule has 9 heteroatoms. The average molecular weight is 423 g/mol. The van der Waals surface area contributed by atoms with Gasteiger partial charge in [-0.05, 0) is 31.2 Å². The highest BCUT2D eigenvalue weighted by atomic mass is 32.2. The molecule has 0 spiro atoms. The fraction of sp³-hybridized carbons (Fsp3) is 0.316. The van der Waals surface area contributed by atoms with Crippen molar-refractivity contribution in [3.05, 3.63) is 46.8 Å². The molecule has 0 atom stereocenters. The highest BCUT2D eigenvalue weighted by Crippen LogP contribution is 2.35. The van der Waals surface area contributed by atoms with E-state index >= 15 is 0 Å². The molecule has 1 aromatic heterocycles.